The molecule has 4 N–H and O–H groups in total. The number of carbonyl (C=O) groups excluding carboxylic acids is 1. The Hall–Kier alpha value is -3.68. The molecule has 1 atom stereocenters. The van der Waals surface area contributed by atoms with Gasteiger partial charge in [0, 0.05) is 36.1 Å². The van der Waals surface area contributed by atoms with Crippen LogP contribution in [0.1, 0.15) is 24.5 Å². The number of aliphatic imine (C=N–C) groups is 1. The lowest BCUT2D eigenvalue weighted by molar-refractivity contribution is -0.274. The molecule has 1 aliphatic rings. The summed E-state index contributed by atoms with van der Waals surface area (Å²) in [6.07, 6.45) is -0.659. The van der Waals surface area contributed by atoms with Gasteiger partial charge in [0.2, 0.25) is 5.91 Å². The molecule has 1 heterocycles. The number of alkyl halides is 3. The van der Waals surface area contributed by atoms with E-state index in [1.165, 1.54) is 42.4 Å². The average Bonchev–Trinajstić information content (AvgIpc) is 2.93. The first-order valence-corrected chi connectivity index (χ1v) is 14.0. The third-order valence-corrected chi connectivity index (χ3v) is 7.64. The second-order valence-corrected chi connectivity index (χ2v) is 10.7. The van der Waals surface area contributed by atoms with Crippen LogP contribution in [0.25, 0.3) is 0 Å². The SMILES string of the molecule is C=CC(=N/C=C(\N)N1CCN(Sc2ccc(OC(F)(F)F)cc2)[C@@H](C(=O)NCc2ccc(CCC)cc2Cl)C1)C(=O)O. The van der Waals surface area contributed by atoms with Gasteiger partial charge in [0.1, 0.15) is 23.3 Å². The van der Waals surface area contributed by atoms with E-state index in [4.69, 9.17) is 22.4 Å². The number of hydrogen-bond acceptors (Lipinski definition) is 8. The quantitative estimate of drug-likeness (QED) is 0.223. The van der Waals surface area contributed by atoms with Gasteiger partial charge in [-0.3, -0.25) is 4.79 Å². The van der Waals surface area contributed by atoms with Crippen molar-refractivity contribution in [2.45, 2.75) is 43.6 Å². The van der Waals surface area contributed by atoms with Crippen LogP contribution in [0, 0.1) is 0 Å². The summed E-state index contributed by atoms with van der Waals surface area (Å²) in [4.78, 5) is 30.8. The fourth-order valence-corrected chi connectivity index (χ4v) is 5.31. The third-order valence-electron chi connectivity index (χ3n) is 6.14. The van der Waals surface area contributed by atoms with Crippen LogP contribution in [0.3, 0.4) is 0 Å². The molecule has 14 heteroatoms. The number of carboxylic acid groups (broad SMARTS) is 1. The van der Waals surface area contributed by atoms with E-state index in [-0.39, 0.29) is 36.3 Å². The number of amides is 1. The van der Waals surface area contributed by atoms with Gasteiger partial charge in [-0.15, -0.1) is 13.2 Å². The number of nitrogens with zero attached hydrogens (tertiary/aromatic N) is 3. The number of aryl methyl sites for hydroxylation is 1. The lowest BCUT2D eigenvalue weighted by atomic mass is 10.1. The lowest BCUT2D eigenvalue weighted by Crippen LogP contribution is -2.56. The second-order valence-electron chi connectivity index (χ2n) is 9.18. The van der Waals surface area contributed by atoms with Crippen molar-refractivity contribution in [3.63, 3.8) is 0 Å². The van der Waals surface area contributed by atoms with Crippen LogP contribution in [-0.2, 0) is 22.6 Å². The Morgan fingerprint density at radius 1 is 1.26 bits per heavy atom. The number of hydrogen-bond donors (Lipinski definition) is 3. The Bertz CT molecular complexity index is 1340. The van der Waals surface area contributed by atoms with Crippen molar-refractivity contribution >= 4 is 41.1 Å². The molecule has 0 saturated carbocycles. The van der Waals surface area contributed by atoms with Crippen molar-refractivity contribution in [1.82, 2.24) is 14.5 Å². The van der Waals surface area contributed by atoms with E-state index >= 15 is 0 Å². The van der Waals surface area contributed by atoms with Crippen LogP contribution in [0.2, 0.25) is 5.02 Å². The fourth-order valence-electron chi connectivity index (χ4n) is 4.05. The minimum absolute atomic E-state index is 0.131. The third kappa shape index (κ3) is 9.71. The van der Waals surface area contributed by atoms with E-state index in [1.54, 1.807) is 9.21 Å². The van der Waals surface area contributed by atoms with E-state index in [0.717, 1.165) is 30.0 Å². The highest BCUT2D eigenvalue weighted by Gasteiger charge is 2.34. The van der Waals surface area contributed by atoms with Crippen molar-refractivity contribution in [2.75, 3.05) is 19.6 Å². The van der Waals surface area contributed by atoms with E-state index in [9.17, 15) is 22.8 Å². The van der Waals surface area contributed by atoms with Crippen LogP contribution in [0.15, 0.2) is 77.0 Å². The summed E-state index contributed by atoms with van der Waals surface area (Å²) in [5, 5.41) is 12.6. The molecule has 1 amide bonds. The van der Waals surface area contributed by atoms with E-state index in [0.29, 0.717) is 23.0 Å². The molecule has 3 rings (SSSR count). The van der Waals surface area contributed by atoms with Crippen LogP contribution in [-0.4, -0.2) is 63.9 Å². The summed E-state index contributed by atoms with van der Waals surface area (Å²) in [6.45, 7) is 6.50. The predicted molar refractivity (Wildman–Crippen MR) is 156 cm³/mol. The highest BCUT2D eigenvalue weighted by Crippen LogP contribution is 2.31. The van der Waals surface area contributed by atoms with Gasteiger partial charge in [-0.2, -0.15) is 0 Å². The zero-order valence-electron chi connectivity index (χ0n) is 22.7. The molecule has 2 aromatic carbocycles. The standard InChI is InChI=1S/C28H31ClF3N5O4S/c1-3-5-18-6-7-19(22(29)14-18)15-35-26(38)24-17-36(25(33)16-34-23(4-2)27(39)40)12-13-37(24)42-21-10-8-20(9-11-21)41-28(30,31)32/h4,6-11,14,16,24H,2-3,5,12-13,15,17,33H2,1H3,(H,35,38)(H,39,40)/b25-16+,34-23?/t24-/m1/s1. The number of nitrogens with two attached hydrogens (primary N) is 1. The Morgan fingerprint density at radius 3 is 2.57 bits per heavy atom. The van der Waals surface area contributed by atoms with Crippen molar-refractivity contribution < 1.29 is 32.6 Å². The highest BCUT2D eigenvalue weighted by molar-refractivity contribution is 7.97. The molecule has 0 spiro atoms. The number of carbonyl (C=O) groups is 2. The van der Waals surface area contributed by atoms with Gasteiger partial charge >= 0.3 is 12.3 Å². The number of carboxylic acids is 1. The number of nitrogens with one attached hydrogen (secondary N) is 1. The lowest BCUT2D eigenvalue weighted by Gasteiger charge is -2.40. The minimum atomic E-state index is -4.80. The molecule has 1 fully saturated rings. The maximum atomic E-state index is 13.5. The van der Waals surface area contributed by atoms with E-state index < -0.39 is 18.4 Å². The van der Waals surface area contributed by atoms with Crippen molar-refractivity contribution in [3.8, 4) is 5.75 Å². The Balaban J connectivity index is 1.78. The minimum Gasteiger partial charge on any atom is -0.477 e. The van der Waals surface area contributed by atoms with Crippen LogP contribution < -0.4 is 15.8 Å². The van der Waals surface area contributed by atoms with Crippen LogP contribution in [0.4, 0.5) is 13.2 Å². The summed E-state index contributed by atoms with van der Waals surface area (Å²) in [7, 11) is 0. The highest BCUT2D eigenvalue weighted by atomic mass is 35.5. The molecule has 0 unspecified atom stereocenters. The summed E-state index contributed by atoms with van der Waals surface area (Å²) < 4.78 is 43.4. The maximum absolute atomic E-state index is 13.5. The normalized spacial score (nSPS) is 16.7. The monoisotopic (exact) mass is 625 g/mol. The molecule has 0 radical (unpaired) electrons. The summed E-state index contributed by atoms with van der Waals surface area (Å²) >= 11 is 7.65. The van der Waals surface area contributed by atoms with Crippen LogP contribution in [0.5, 0.6) is 5.75 Å². The van der Waals surface area contributed by atoms with E-state index in [1.807, 2.05) is 18.2 Å². The van der Waals surface area contributed by atoms with Gasteiger partial charge in [0.05, 0.1) is 6.20 Å². The first-order chi connectivity index (χ1) is 19.9. The molecule has 0 aromatic heterocycles. The zero-order valence-corrected chi connectivity index (χ0v) is 24.3. The zero-order chi connectivity index (χ0) is 30.9. The number of rotatable bonds is 12. The summed E-state index contributed by atoms with van der Waals surface area (Å²) in [6, 6.07) is 10.3. The Morgan fingerprint density at radius 2 is 1.98 bits per heavy atom. The topological polar surface area (TPSA) is 120 Å². The molecule has 1 saturated heterocycles. The molecule has 226 valence electrons. The number of piperazine rings is 1. The summed E-state index contributed by atoms with van der Waals surface area (Å²) in [5.74, 6) is -1.79. The van der Waals surface area contributed by atoms with Gasteiger partial charge < -0.3 is 25.8 Å². The molecule has 9 nitrogen and oxygen atoms in total. The fraction of sp³-hybridized carbons (Fsp3) is 0.321. The predicted octanol–water partition coefficient (Wildman–Crippen LogP) is 4.97. The van der Waals surface area contributed by atoms with Crippen molar-refractivity contribution in [1.29, 1.82) is 0 Å². The van der Waals surface area contributed by atoms with Gasteiger partial charge in [-0.25, -0.2) is 14.1 Å². The van der Waals surface area contributed by atoms with Gasteiger partial charge in [-0.05, 0) is 65.9 Å². The molecule has 0 bridgehead atoms. The molecule has 1 aliphatic heterocycles. The number of aliphatic carboxylic acids is 1. The number of ether oxygens (including phenoxy) is 1. The van der Waals surface area contributed by atoms with Gasteiger partial charge in [0.25, 0.3) is 0 Å². The molecule has 0 aliphatic carbocycles. The van der Waals surface area contributed by atoms with E-state index in [2.05, 4.69) is 28.5 Å². The average molecular weight is 626 g/mol. The summed E-state index contributed by atoms with van der Waals surface area (Å²) in [5.41, 5.74) is 7.73. The first-order valence-electron chi connectivity index (χ1n) is 12.9. The number of halogens is 4. The van der Waals surface area contributed by atoms with Crippen molar-refractivity contribution in [2.24, 2.45) is 10.7 Å². The van der Waals surface area contributed by atoms with Gasteiger partial charge in [0.15, 0.2) is 0 Å². The molecular formula is C28H31ClF3N5O4S. The largest absolute Gasteiger partial charge is 0.573 e. The van der Waals surface area contributed by atoms with Crippen LogP contribution >= 0.6 is 23.5 Å². The second kappa shape index (κ2) is 15.0. The smallest absolute Gasteiger partial charge is 0.477 e. The Kier molecular flexibility index (Phi) is 11.7. The number of benzene rings is 2. The Labute approximate surface area is 251 Å². The molecule has 2 aromatic rings. The molecule has 42 heavy (non-hydrogen) atoms. The van der Waals surface area contributed by atoms with Gasteiger partial charge in [-0.1, -0.05) is 43.7 Å². The first kappa shape index (κ1) is 32.8. The van der Waals surface area contributed by atoms with Crippen molar-refractivity contribution in [3.05, 3.63) is 83.3 Å². The molecular weight excluding hydrogens is 595 g/mol. The maximum Gasteiger partial charge on any atom is 0.573 e.